The molecule has 0 bridgehead atoms. The largest absolute Gasteiger partial charge is 0.353 e. The zero-order valence-corrected chi connectivity index (χ0v) is 14.7. The molecule has 1 saturated heterocycles. The zero-order chi connectivity index (χ0) is 18.8. The van der Waals surface area contributed by atoms with Gasteiger partial charge in [-0.15, -0.1) is 0 Å². The van der Waals surface area contributed by atoms with Crippen molar-refractivity contribution >= 4 is 22.4 Å². The van der Waals surface area contributed by atoms with Gasteiger partial charge in [-0.2, -0.15) is 5.26 Å². The molecular weight excluding hydrogens is 340 g/mol. The molecule has 0 amide bonds. The Labute approximate surface area is 156 Å². The van der Waals surface area contributed by atoms with E-state index in [1.165, 1.54) is 17.7 Å². The van der Waals surface area contributed by atoms with Gasteiger partial charge in [-0.1, -0.05) is 30.3 Å². The number of nitro groups is 1. The van der Waals surface area contributed by atoms with Crippen molar-refractivity contribution in [2.45, 2.75) is 25.3 Å². The molecule has 2 heterocycles. The minimum Gasteiger partial charge on any atom is -0.353 e. The van der Waals surface area contributed by atoms with E-state index in [1.807, 2.05) is 18.2 Å². The highest BCUT2D eigenvalue weighted by atomic mass is 16.6. The van der Waals surface area contributed by atoms with Crippen LogP contribution >= 0.6 is 0 Å². The van der Waals surface area contributed by atoms with E-state index in [2.05, 4.69) is 23.1 Å². The van der Waals surface area contributed by atoms with Crippen LogP contribution in [0.25, 0.3) is 10.9 Å². The Bertz CT molecular complexity index is 1040. The molecule has 3 aromatic rings. The first-order chi connectivity index (χ1) is 13.2. The molecule has 27 heavy (non-hydrogen) atoms. The lowest BCUT2D eigenvalue weighted by molar-refractivity contribution is -0.384. The van der Waals surface area contributed by atoms with Crippen LogP contribution in [-0.2, 0) is 6.42 Å². The minimum atomic E-state index is -0.454. The van der Waals surface area contributed by atoms with E-state index in [1.54, 1.807) is 12.1 Å². The summed E-state index contributed by atoms with van der Waals surface area (Å²) in [6.07, 6.45) is 3.10. The van der Waals surface area contributed by atoms with E-state index in [4.69, 9.17) is 4.98 Å². The van der Waals surface area contributed by atoms with E-state index >= 15 is 0 Å². The number of pyridine rings is 1. The minimum absolute atomic E-state index is 0.0309. The first-order valence-corrected chi connectivity index (χ1v) is 8.95. The van der Waals surface area contributed by atoms with Crippen LogP contribution in [0.4, 0.5) is 11.5 Å². The number of nitrogens with zero attached hydrogens (tertiary/aromatic N) is 4. The van der Waals surface area contributed by atoms with E-state index < -0.39 is 4.92 Å². The van der Waals surface area contributed by atoms with Gasteiger partial charge in [0.2, 0.25) is 0 Å². The standard InChI is InChI=1S/C21H18N4O2/c22-14-16-12-21(23-20-9-8-18(25(26)27)13-19(16)20)24-10-4-7-17(24)11-15-5-2-1-3-6-15/h1-3,5-6,8-9,12-13,17H,4,7,10-11H2. The van der Waals surface area contributed by atoms with Crippen LogP contribution in [0.2, 0.25) is 0 Å². The van der Waals surface area contributed by atoms with Crippen molar-refractivity contribution < 1.29 is 4.92 Å². The zero-order valence-electron chi connectivity index (χ0n) is 14.7. The van der Waals surface area contributed by atoms with Crippen LogP contribution in [0.5, 0.6) is 0 Å². The number of hydrogen-bond donors (Lipinski definition) is 0. The van der Waals surface area contributed by atoms with Crippen LogP contribution in [-0.4, -0.2) is 22.5 Å². The Morgan fingerprint density at radius 3 is 2.78 bits per heavy atom. The third-order valence-corrected chi connectivity index (χ3v) is 5.10. The molecule has 1 aliphatic rings. The van der Waals surface area contributed by atoms with Crippen molar-refractivity contribution in [1.82, 2.24) is 4.98 Å². The van der Waals surface area contributed by atoms with Gasteiger partial charge in [-0.3, -0.25) is 10.1 Å². The summed E-state index contributed by atoms with van der Waals surface area (Å²) in [5.74, 6) is 0.770. The molecule has 1 fully saturated rings. The van der Waals surface area contributed by atoms with E-state index in [0.717, 1.165) is 31.6 Å². The maximum atomic E-state index is 11.0. The fourth-order valence-electron chi connectivity index (χ4n) is 3.79. The summed E-state index contributed by atoms with van der Waals surface area (Å²) >= 11 is 0. The number of nitro benzene ring substituents is 1. The second kappa shape index (κ2) is 7.04. The maximum absolute atomic E-state index is 11.0. The summed E-state index contributed by atoms with van der Waals surface area (Å²) in [6.45, 7) is 0.897. The summed E-state index contributed by atoms with van der Waals surface area (Å²) in [5.41, 5.74) is 2.28. The molecule has 2 aromatic carbocycles. The van der Waals surface area contributed by atoms with Crippen LogP contribution in [0.3, 0.4) is 0 Å². The first-order valence-electron chi connectivity index (χ1n) is 8.95. The SMILES string of the molecule is N#Cc1cc(N2CCCC2Cc2ccccc2)nc2ccc([N+](=O)[O-])cc12. The number of non-ortho nitro benzene ring substituents is 1. The fourth-order valence-corrected chi connectivity index (χ4v) is 3.79. The highest BCUT2D eigenvalue weighted by Crippen LogP contribution is 2.31. The van der Waals surface area contributed by atoms with Gasteiger partial charge in [0.15, 0.2) is 0 Å². The number of fused-ring (bicyclic) bond motifs is 1. The molecule has 0 aliphatic carbocycles. The van der Waals surface area contributed by atoms with Gasteiger partial charge in [0.1, 0.15) is 5.82 Å². The van der Waals surface area contributed by atoms with Crippen molar-refractivity contribution in [3.8, 4) is 6.07 Å². The smallest absolute Gasteiger partial charge is 0.270 e. The molecule has 0 N–H and O–H groups in total. The molecule has 1 unspecified atom stereocenters. The van der Waals surface area contributed by atoms with Crippen LogP contribution < -0.4 is 4.90 Å². The van der Waals surface area contributed by atoms with Gasteiger partial charge in [0, 0.05) is 30.1 Å². The second-order valence-electron chi connectivity index (χ2n) is 6.78. The lowest BCUT2D eigenvalue weighted by atomic mass is 10.0. The monoisotopic (exact) mass is 358 g/mol. The molecule has 1 aromatic heterocycles. The molecule has 6 heteroatoms. The van der Waals surface area contributed by atoms with E-state index in [0.29, 0.717) is 22.5 Å². The summed E-state index contributed by atoms with van der Waals surface area (Å²) < 4.78 is 0. The van der Waals surface area contributed by atoms with Crippen LogP contribution in [0.1, 0.15) is 24.0 Å². The normalized spacial score (nSPS) is 16.4. The number of hydrogen-bond acceptors (Lipinski definition) is 5. The predicted molar refractivity (Wildman–Crippen MR) is 104 cm³/mol. The van der Waals surface area contributed by atoms with Gasteiger partial charge in [0.25, 0.3) is 5.69 Å². The van der Waals surface area contributed by atoms with Crippen molar-refractivity contribution in [3.05, 3.63) is 75.8 Å². The number of nitriles is 1. The number of anilines is 1. The molecular formula is C21H18N4O2. The average molecular weight is 358 g/mol. The van der Waals surface area contributed by atoms with Crippen LogP contribution in [0, 0.1) is 21.4 Å². The Morgan fingerprint density at radius 1 is 1.22 bits per heavy atom. The highest BCUT2D eigenvalue weighted by Gasteiger charge is 2.26. The summed E-state index contributed by atoms with van der Waals surface area (Å²) in [6, 6.07) is 19.1. The lowest BCUT2D eigenvalue weighted by Gasteiger charge is -2.26. The van der Waals surface area contributed by atoms with E-state index in [9.17, 15) is 15.4 Å². The maximum Gasteiger partial charge on any atom is 0.270 e. The van der Waals surface area contributed by atoms with Crippen LogP contribution in [0.15, 0.2) is 54.6 Å². The Hall–Kier alpha value is -3.46. The second-order valence-corrected chi connectivity index (χ2v) is 6.78. The van der Waals surface area contributed by atoms with Gasteiger partial charge in [0.05, 0.1) is 22.1 Å². The molecule has 1 atom stereocenters. The van der Waals surface area contributed by atoms with Crippen molar-refractivity contribution in [3.63, 3.8) is 0 Å². The Kier molecular flexibility index (Phi) is 4.43. The molecule has 134 valence electrons. The topological polar surface area (TPSA) is 83.1 Å². The summed E-state index contributed by atoms with van der Waals surface area (Å²) in [4.78, 5) is 17.5. The van der Waals surface area contributed by atoms with Gasteiger partial charge in [-0.05, 0) is 37.0 Å². The molecule has 0 radical (unpaired) electrons. The molecule has 0 spiro atoms. The fraction of sp³-hybridized carbons (Fsp3) is 0.238. The molecule has 4 rings (SSSR count). The number of rotatable bonds is 4. The quantitative estimate of drug-likeness (QED) is 0.515. The lowest BCUT2D eigenvalue weighted by Crippen LogP contribution is -2.31. The van der Waals surface area contributed by atoms with E-state index in [-0.39, 0.29) is 5.69 Å². The highest BCUT2D eigenvalue weighted by molar-refractivity contribution is 5.88. The van der Waals surface area contributed by atoms with Gasteiger partial charge >= 0.3 is 0 Å². The average Bonchev–Trinajstić information content (AvgIpc) is 3.15. The first kappa shape index (κ1) is 17.0. The third-order valence-electron chi connectivity index (χ3n) is 5.10. The Morgan fingerprint density at radius 2 is 2.04 bits per heavy atom. The summed E-state index contributed by atoms with van der Waals surface area (Å²) in [7, 11) is 0. The van der Waals surface area contributed by atoms with Gasteiger partial charge in [-0.25, -0.2) is 4.98 Å². The molecule has 0 saturated carbocycles. The number of benzene rings is 2. The van der Waals surface area contributed by atoms with Crippen molar-refractivity contribution in [2.75, 3.05) is 11.4 Å². The van der Waals surface area contributed by atoms with Crippen molar-refractivity contribution in [1.29, 1.82) is 5.26 Å². The van der Waals surface area contributed by atoms with Crippen molar-refractivity contribution in [2.24, 2.45) is 0 Å². The summed E-state index contributed by atoms with van der Waals surface area (Å²) in [5, 5.41) is 21.1. The predicted octanol–water partition coefficient (Wildman–Crippen LogP) is 4.23. The molecule has 1 aliphatic heterocycles. The third kappa shape index (κ3) is 3.32. The van der Waals surface area contributed by atoms with Gasteiger partial charge < -0.3 is 4.90 Å². The number of aromatic nitrogens is 1. The molecule has 6 nitrogen and oxygen atoms in total. The Balaban J connectivity index is 1.71.